The standard InChI is InChI=1S/C18H18N2O4/c1-11-17(21)20-14-10-13(8-9-15(14)24-11)19-18(22)16(23-2)12-6-4-3-5-7-12/h3-11,16H,1-2H3,(H,19,22)(H,20,21)/t11-,16-/m0/s1. The number of anilines is 2. The molecule has 0 unspecified atom stereocenters. The molecule has 1 aliphatic rings. The van der Waals surface area contributed by atoms with Crippen molar-refractivity contribution in [2.75, 3.05) is 17.7 Å². The Morgan fingerprint density at radius 2 is 2.00 bits per heavy atom. The molecule has 0 bridgehead atoms. The molecular weight excluding hydrogens is 308 g/mol. The fourth-order valence-corrected chi connectivity index (χ4v) is 2.52. The SMILES string of the molecule is CO[C@H](C(=O)Nc1ccc2c(c1)NC(=O)[C@H](C)O2)c1ccccc1. The van der Waals surface area contributed by atoms with Gasteiger partial charge in [-0.3, -0.25) is 9.59 Å². The molecule has 0 saturated heterocycles. The maximum Gasteiger partial charge on any atom is 0.265 e. The second-order valence-corrected chi connectivity index (χ2v) is 5.48. The van der Waals surface area contributed by atoms with Gasteiger partial charge in [-0.05, 0) is 30.7 Å². The third-order valence-corrected chi connectivity index (χ3v) is 3.75. The molecule has 24 heavy (non-hydrogen) atoms. The predicted molar refractivity (Wildman–Crippen MR) is 90.0 cm³/mol. The summed E-state index contributed by atoms with van der Waals surface area (Å²) in [5, 5.41) is 5.55. The fraction of sp³-hybridized carbons (Fsp3) is 0.222. The van der Waals surface area contributed by atoms with Gasteiger partial charge in [0.2, 0.25) is 0 Å². The predicted octanol–water partition coefficient (Wildman–Crippen LogP) is 2.73. The van der Waals surface area contributed by atoms with Crippen LogP contribution < -0.4 is 15.4 Å². The third kappa shape index (κ3) is 3.23. The molecule has 6 heteroatoms. The summed E-state index contributed by atoms with van der Waals surface area (Å²) >= 11 is 0. The van der Waals surface area contributed by atoms with Crippen molar-refractivity contribution in [3.05, 3.63) is 54.1 Å². The first kappa shape index (κ1) is 16.0. The van der Waals surface area contributed by atoms with E-state index in [0.717, 1.165) is 5.56 Å². The van der Waals surface area contributed by atoms with E-state index in [-0.39, 0.29) is 11.8 Å². The number of rotatable bonds is 4. The van der Waals surface area contributed by atoms with Crippen molar-refractivity contribution in [3.8, 4) is 5.75 Å². The van der Waals surface area contributed by atoms with Gasteiger partial charge in [-0.1, -0.05) is 30.3 Å². The van der Waals surface area contributed by atoms with E-state index in [1.165, 1.54) is 7.11 Å². The van der Waals surface area contributed by atoms with Crippen LogP contribution in [-0.2, 0) is 14.3 Å². The smallest absolute Gasteiger partial charge is 0.265 e. The van der Waals surface area contributed by atoms with Crippen LogP contribution in [-0.4, -0.2) is 25.0 Å². The average molecular weight is 326 g/mol. The van der Waals surface area contributed by atoms with Crippen molar-refractivity contribution in [1.82, 2.24) is 0 Å². The Morgan fingerprint density at radius 3 is 2.71 bits per heavy atom. The molecule has 0 aromatic heterocycles. The van der Waals surface area contributed by atoms with Crippen LogP contribution in [0, 0.1) is 0 Å². The second-order valence-electron chi connectivity index (χ2n) is 5.48. The van der Waals surface area contributed by atoms with E-state index < -0.39 is 12.2 Å². The van der Waals surface area contributed by atoms with Gasteiger partial charge in [0.15, 0.2) is 12.2 Å². The highest BCUT2D eigenvalue weighted by molar-refractivity contribution is 6.00. The summed E-state index contributed by atoms with van der Waals surface area (Å²) in [7, 11) is 1.49. The van der Waals surface area contributed by atoms with E-state index in [1.54, 1.807) is 25.1 Å². The third-order valence-electron chi connectivity index (χ3n) is 3.75. The summed E-state index contributed by atoms with van der Waals surface area (Å²) < 4.78 is 10.8. The van der Waals surface area contributed by atoms with Crippen molar-refractivity contribution in [3.63, 3.8) is 0 Å². The topological polar surface area (TPSA) is 76.7 Å². The van der Waals surface area contributed by atoms with Gasteiger partial charge < -0.3 is 20.1 Å². The summed E-state index contributed by atoms with van der Waals surface area (Å²) in [4.78, 5) is 24.2. The minimum atomic E-state index is -0.715. The van der Waals surface area contributed by atoms with E-state index in [4.69, 9.17) is 9.47 Å². The molecule has 0 radical (unpaired) electrons. The maximum absolute atomic E-state index is 12.5. The van der Waals surface area contributed by atoms with Crippen molar-refractivity contribution in [2.24, 2.45) is 0 Å². The van der Waals surface area contributed by atoms with Crippen LogP contribution in [0.25, 0.3) is 0 Å². The van der Waals surface area contributed by atoms with Crippen molar-refractivity contribution in [1.29, 1.82) is 0 Å². The number of carbonyl (C=O) groups is 2. The number of amides is 2. The zero-order valence-electron chi connectivity index (χ0n) is 13.4. The Balaban J connectivity index is 1.77. The van der Waals surface area contributed by atoms with E-state index in [0.29, 0.717) is 17.1 Å². The molecule has 6 nitrogen and oxygen atoms in total. The monoisotopic (exact) mass is 326 g/mol. The normalized spacial score (nSPS) is 17.2. The number of fused-ring (bicyclic) bond motifs is 1. The molecule has 0 fully saturated rings. The van der Waals surface area contributed by atoms with E-state index in [1.807, 2.05) is 30.3 Å². The fourth-order valence-electron chi connectivity index (χ4n) is 2.52. The van der Waals surface area contributed by atoms with Crippen molar-refractivity contribution < 1.29 is 19.1 Å². The van der Waals surface area contributed by atoms with E-state index in [9.17, 15) is 9.59 Å². The lowest BCUT2D eigenvalue weighted by Gasteiger charge is -2.24. The van der Waals surface area contributed by atoms with E-state index >= 15 is 0 Å². The Morgan fingerprint density at radius 1 is 1.25 bits per heavy atom. The highest BCUT2D eigenvalue weighted by atomic mass is 16.5. The quantitative estimate of drug-likeness (QED) is 0.906. The number of ether oxygens (including phenoxy) is 2. The zero-order chi connectivity index (χ0) is 17.1. The van der Waals surface area contributed by atoms with Gasteiger partial charge in [0, 0.05) is 12.8 Å². The highest BCUT2D eigenvalue weighted by Crippen LogP contribution is 2.32. The molecule has 2 aromatic carbocycles. The first-order valence-corrected chi connectivity index (χ1v) is 7.58. The molecule has 0 spiro atoms. The van der Waals surface area contributed by atoms with Crippen LogP contribution in [0.15, 0.2) is 48.5 Å². The molecule has 124 valence electrons. The Hall–Kier alpha value is -2.86. The Kier molecular flexibility index (Phi) is 4.48. The maximum atomic E-state index is 12.5. The summed E-state index contributed by atoms with van der Waals surface area (Å²) in [5.74, 6) is 0.0663. The van der Waals surface area contributed by atoms with Gasteiger partial charge in [-0.15, -0.1) is 0 Å². The van der Waals surface area contributed by atoms with Crippen LogP contribution >= 0.6 is 0 Å². The molecule has 1 aliphatic heterocycles. The Bertz CT molecular complexity index is 761. The molecule has 2 N–H and O–H groups in total. The highest BCUT2D eigenvalue weighted by Gasteiger charge is 2.24. The zero-order valence-corrected chi connectivity index (χ0v) is 13.4. The van der Waals surface area contributed by atoms with Crippen LogP contribution in [0.4, 0.5) is 11.4 Å². The summed E-state index contributed by atoms with van der Waals surface area (Å²) in [6, 6.07) is 14.3. The largest absolute Gasteiger partial charge is 0.479 e. The van der Waals surface area contributed by atoms with E-state index in [2.05, 4.69) is 10.6 Å². The lowest BCUT2D eigenvalue weighted by Crippen LogP contribution is -2.34. The first-order chi connectivity index (χ1) is 11.6. The molecule has 1 heterocycles. The number of hydrogen-bond donors (Lipinski definition) is 2. The van der Waals surface area contributed by atoms with Gasteiger partial charge >= 0.3 is 0 Å². The van der Waals surface area contributed by atoms with Gasteiger partial charge in [0.25, 0.3) is 11.8 Å². The lowest BCUT2D eigenvalue weighted by molar-refractivity contribution is -0.126. The molecule has 2 aromatic rings. The van der Waals surface area contributed by atoms with Gasteiger partial charge in [-0.2, -0.15) is 0 Å². The molecular formula is C18H18N2O4. The Labute approximate surface area is 139 Å². The minimum absolute atomic E-state index is 0.218. The van der Waals surface area contributed by atoms with Crippen LogP contribution in [0.5, 0.6) is 5.75 Å². The number of benzene rings is 2. The summed E-state index contributed by atoms with van der Waals surface area (Å²) in [6.45, 7) is 1.68. The second kappa shape index (κ2) is 6.72. The number of hydrogen-bond acceptors (Lipinski definition) is 4. The van der Waals surface area contributed by atoms with Gasteiger partial charge in [0.1, 0.15) is 5.75 Å². The molecule has 2 atom stereocenters. The summed E-state index contributed by atoms with van der Waals surface area (Å²) in [5.41, 5.74) is 1.85. The van der Waals surface area contributed by atoms with Crippen molar-refractivity contribution in [2.45, 2.75) is 19.1 Å². The van der Waals surface area contributed by atoms with Crippen LogP contribution in [0.2, 0.25) is 0 Å². The molecule has 0 aliphatic carbocycles. The minimum Gasteiger partial charge on any atom is -0.479 e. The molecule has 0 saturated carbocycles. The number of methoxy groups -OCH3 is 1. The van der Waals surface area contributed by atoms with Gasteiger partial charge in [-0.25, -0.2) is 0 Å². The summed E-state index contributed by atoms with van der Waals surface area (Å²) in [6.07, 6.45) is -1.25. The first-order valence-electron chi connectivity index (χ1n) is 7.58. The lowest BCUT2D eigenvalue weighted by atomic mass is 10.1. The number of nitrogens with one attached hydrogen (secondary N) is 2. The molecule has 3 rings (SSSR count). The van der Waals surface area contributed by atoms with Crippen molar-refractivity contribution >= 4 is 23.2 Å². The van der Waals surface area contributed by atoms with Crippen LogP contribution in [0.1, 0.15) is 18.6 Å². The molecule has 2 amide bonds. The van der Waals surface area contributed by atoms with Crippen LogP contribution in [0.3, 0.4) is 0 Å². The number of carbonyl (C=O) groups excluding carboxylic acids is 2. The van der Waals surface area contributed by atoms with Gasteiger partial charge in [0.05, 0.1) is 5.69 Å². The average Bonchev–Trinajstić information content (AvgIpc) is 2.58.